The Hall–Kier alpha value is -3.78. The number of pyridine rings is 3. The van der Waals surface area contributed by atoms with Crippen molar-refractivity contribution in [2.45, 2.75) is 39.7 Å². The van der Waals surface area contributed by atoms with Crippen LogP contribution in [0, 0.1) is 0 Å². The van der Waals surface area contributed by atoms with E-state index in [1.165, 1.54) is 11.3 Å². The van der Waals surface area contributed by atoms with Gasteiger partial charge in [-0.2, -0.15) is 0 Å². The normalized spacial score (nSPS) is 11.4. The lowest BCUT2D eigenvalue weighted by Crippen LogP contribution is -2.30. The molecule has 184 valence electrons. The molecule has 0 aliphatic rings. The average Bonchev–Trinajstić information content (AvgIpc) is 3.29. The fraction of sp³-hybridized carbons (Fsp3) is 0.286. The molecule has 7 nitrogen and oxygen atoms in total. The number of unbranched alkanes of at least 4 members (excludes halogenated alkanes) is 1. The number of thiazole rings is 1. The van der Waals surface area contributed by atoms with Crippen molar-refractivity contribution in [1.29, 1.82) is 0 Å². The molecule has 0 radical (unpaired) electrons. The Morgan fingerprint density at radius 3 is 2.61 bits per heavy atom. The first-order chi connectivity index (χ1) is 17.6. The number of rotatable bonds is 9. The van der Waals surface area contributed by atoms with Crippen molar-refractivity contribution in [1.82, 2.24) is 19.7 Å². The fourth-order valence-corrected chi connectivity index (χ4v) is 5.67. The number of benzene rings is 1. The third-order valence-electron chi connectivity index (χ3n) is 6.30. The summed E-state index contributed by atoms with van der Waals surface area (Å²) >= 11 is 1.44. The molecule has 1 aromatic carbocycles. The van der Waals surface area contributed by atoms with Crippen molar-refractivity contribution >= 4 is 49.1 Å². The smallest absolute Gasteiger partial charge is 0.258 e. The highest BCUT2D eigenvalue weighted by Gasteiger charge is 2.23. The lowest BCUT2D eigenvalue weighted by Gasteiger charge is -2.23. The monoisotopic (exact) mass is 499 g/mol. The van der Waals surface area contributed by atoms with Crippen LogP contribution in [0.2, 0.25) is 0 Å². The number of hydrogen-bond acceptors (Lipinski definition) is 6. The SMILES string of the molecule is CCCCN(CCC)c1ccc2c(=O)c(C(=O)NCc3ccncc3)c3sc4ccccc4n3c2n1. The Balaban J connectivity index is 1.69. The van der Waals surface area contributed by atoms with E-state index in [9.17, 15) is 9.59 Å². The maximum Gasteiger partial charge on any atom is 0.258 e. The number of amides is 1. The van der Waals surface area contributed by atoms with Gasteiger partial charge in [0.15, 0.2) is 5.65 Å². The number of carbonyl (C=O) groups is 1. The van der Waals surface area contributed by atoms with E-state index in [-0.39, 0.29) is 16.9 Å². The lowest BCUT2D eigenvalue weighted by molar-refractivity contribution is 0.0951. The maximum absolute atomic E-state index is 13.7. The zero-order valence-electron chi connectivity index (χ0n) is 20.5. The van der Waals surface area contributed by atoms with Gasteiger partial charge in [-0.05, 0) is 54.8 Å². The molecule has 0 saturated carbocycles. The van der Waals surface area contributed by atoms with Gasteiger partial charge in [0.2, 0.25) is 5.43 Å². The van der Waals surface area contributed by atoms with Crippen molar-refractivity contribution in [2.75, 3.05) is 18.0 Å². The molecule has 4 aromatic heterocycles. The van der Waals surface area contributed by atoms with Crippen LogP contribution in [-0.2, 0) is 6.54 Å². The highest BCUT2D eigenvalue weighted by molar-refractivity contribution is 7.24. The number of fused-ring (bicyclic) bond motifs is 5. The molecule has 0 atom stereocenters. The Labute approximate surface area is 213 Å². The van der Waals surface area contributed by atoms with Gasteiger partial charge >= 0.3 is 0 Å². The molecule has 0 saturated heterocycles. The topological polar surface area (TPSA) is 79.6 Å². The lowest BCUT2D eigenvalue weighted by atomic mass is 10.1. The van der Waals surface area contributed by atoms with Gasteiger partial charge in [-0.25, -0.2) is 4.98 Å². The van der Waals surface area contributed by atoms with Crippen molar-refractivity contribution < 1.29 is 4.79 Å². The van der Waals surface area contributed by atoms with Gasteiger partial charge in [0.05, 0.1) is 15.6 Å². The van der Waals surface area contributed by atoms with E-state index < -0.39 is 0 Å². The number of nitrogens with one attached hydrogen (secondary N) is 1. The van der Waals surface area contributed by atoms with Crippen LogP contribution < -0.4 is 15.6 Å². The second-order valence-electron chi connectivity index (χ2n) is 8.83. The third-order valence-corrected chi connectivity index (χ3v) is 7.45. The average molecular weight is 500 g/mol. The molecule has 0 unspecified atom stereocenters. The zero-order chi connectivity index (χ0) is 25.1. The number of anilines is 1. The Morgan fingerprint density at radius 1 is 1.03 bits per heavy atom. The van der Waals surface area contributed by atoms with Crippen molar-refractivity contribution in [3.05, 3.63) is 82.3 Å². The standard InChI is InChI=1S/C28H29N5O2S/c1-3-5-17-32(16-4-2)23-11-10-20-25(34)24(27(35)30-18-19-12-14-29-15-13-19)28-33(26(20)31-23)21-8-6-7-9-22(21)36-28/h6-15H,3-5,16-18H2,1-2H3,(H,30,35). The van der Waals surface area contributed by atoms with E-state index in [1.807, 2.05) is 52.9 Å². The molecule has 0 aliphatic heterocycles. The van der Waals surface area contributed by atoms with Gasteiger partial charge in [0.25, 0.3) is 5.91 Å². The summed E-state index contributed by atoms with van der Waals surface area (Å²) in [6, 6.07) is 15.4. The van der Waals surface area contributed by atoms with Crippen LogP contribution in [0.4, 0.5) is 5.82 Å². The van der Waals surface area contributed by atoms with Crippen LogP contribution in [0.25, 0.3) is 26.1 Å². The predicted octanol–water partition coefficient (Wildman–Crippen LogP) is 5.40. The van der Waals surface area contributed by atoms with Gasteiger partial charge < -0.3 is 10.2 Å². The first kappa shape index (κ1) is 23.9. The van der Waals surface area contributed by atoms with E-state index in [0.717, 1.165) is 53.9 Å². The summed E-state index contributed by atoms with van der Waals surface area (Å²) in [6.45, 7) is 6.47. The highest BCUT2D eigenvalue weighted by atomic mass is 32.1. The molecule has 0 aliphatic carbocycles. The number of hydrogen-bond donors (Lipinski definition) is 1. The molecule has 0 fully saturated rings. The molecule has 1 N–H and O–H groups in total. The number of carbonyl (C=O) groups excluding carboxylic acids is 1. The minimum atomic E-state index is -0.387. The van der Waals surface area contributed by atoms with Crippen molar-refractivity contribution in [3.63, 3.8) is 0 Å². The summed E-state index contributed by atoms with van der Waals surface area (Å²) in [7, 11) is 0. The summed E-state index contributed by atoms with van der Waals surface area (Å²) in [6.07, 6.45) is 6.55. The Morgan fingerprint density at radius 2 is 1.83 bits per heavy atom. The molecule has 8 heteroatoms. The van der Waals surface area contributed by atoms with Crippen molar-refractivity contribution in [3.8, 4) is 0 Å². The molecule has 5 aromatic rings. The predicted molar refractivity (Wildman–Crippen MR) is 147 cm³/mol. The largest absolute Gasteiger partial charge is 0.357 e. The first-order valence-corrected chi connectivity index (χ1v) is 13.2. The maximum atomic E-state index is 13.7. The summed E-state index contributed by atoms with van der Waals surface area (Å²) in [5.41, 5.74) is 2.31. The molecule has 0 bridgehead atoms. The molecule has 36 heavy (non-hydrogen) atoms. The van der Waals surface area contributed by atoms with Crippen LogP contribution in [-0.4, -0.2) is 33.4 Å². The fourth-order valence-electron chi connectivity index (χ4n) is 4.49. The number of aromatic nitrogens is 3. The second-order valence-corrected chi connectivity index (χ2v) is 9.86. The molecule has 1 amide bonds. The summed E-state index contributed by atoms with van der Waals surface area (Å²) in [5, 5.41) is 3.37. The van der Waals surface area contributed by atoms with E-state index in [4.69, 9.17) is 4.98 Å². The van der Waals surface area contributed by atoms with Crippen LogP contribution in [0.3, 0.4) is 0 Å². The van der Waals surface area contributed by atoms with Gasteiger partial charge in [0, 0.05) is 32.0 Å². The molecular weight excluding hydrogens is 470 g/mol. The van der Waals surface area contributed by atoms with E-state index in [2.05, 4.69) is 29.0 Å². The quantitative estimate of drug-likeness (QED) is 0.294. The third kappa shape index (κ3) is 4.44. The number of para-hydroxylation sites is 1. The van der Waals surface area contributed by atoms with Gasteiger partial charge in [-0.3, -0.25) is 19.0 Å². The van der Waals surface area contributed by atoms with Crippen LogP contribution in [0.5, 0.6) is 0 Å². The zero-order valence-corrected chi connectivity index (χ0v) is 21.3. The van der Waals surface area contributed by atoms with Gasteiger partial charge in [-0.15, -0.1) is 11.3 Å². The first-order valence-electron chi connectivity index (χ1n) is 12.4. The minimum Gasteiger partial charge on any atom is -0.357 e. The number of nitrogens with zero attached hydrogens (tertiary/aromatic N) is 4. The summed E-state index contributed by atoms with van der Waals surface area (Å²) in [4.78, 5) is 39.0. The Kier molecular flexibility index (Phi) is 6.95. The van der Waals surface area contributed by atoms with E-state index >= 15 is 0 Å². The van der Waals surface area contributed by atoms with E-state index in [0.29, 0.717) is 22.4 Å². The minimum absolute atomic E-state index is 0.156. The van der Waals surface area contributed by atoms with E-state index in [1.54, 1.807) is 12.4 Å². The molecular formula is C28H29N5O2S. The van der Waals surface area contributed by atoms with Gasteiger partial charge in [0.1, 0.15) is 16.2 Å². The highest BCUT2D eigenvalue weighted by Crippen LogP contribution is 2.31. The molecule has 5 rings (SSSR count). The molecule has 4 heterocycles. The second kappa shape index (κ2) is 10.5. The summed E-state index contributed by atoms with van der Waals surface area (Å²) < 4.78 is 2.97. The van der Waals surface area contributed by atoms with Crippen LogP contribution >= 0.6 is 11.3 Å². The Bertz CT molecular complexity index is 1590. The summed E-state index contributed by atoms with van der Waals surface area (Å²) in [5.74, 6) is 0.471. The van der Waals surface area contributed by atoms with Crippen LogP contribution in [0.15, 0.2) is 65.7 Å². The molecule has 0 spiro atoms. The van der Waals surface area contributed by atoms with Crippen LogP contribution in [0.1, 0.15) is 49.0 Å². The van der Waals surface area contributed by atoms with Gasteiger partial charge in [-0.1, -0.05) is 32.4 Å². The van der Waals surface area contributed by atoms with Crippen molar-refractivity contribution in [2.24, 2.45) is 0 Å².